The lowest BCUT2D eigenvalue weighted by Crippen LogP contribution is -2.41. The molecule has 1 aromatic rings. The molecule has 1 amide bonds. The van der Waals surface area contributed by atoms with Gasteiger partial charge in [-0.15, -0.1) is 0 Å². The number of morpholine rings is 1. The molecule has 1 aliphatic heterocycles. The minimum absolute atomic E-state index is 0.0139. The van der Waals surface area contributed by atoms with E-state index >= 15 is 0 Å². The quantitative estimate of drug-likeness (QED) is 0.673. The van der Waals surface area contributed by atoms with Gasteiger partial charge < -0.3 is 20.4 Å². The van der Waals surface area contributed by atoms with Crippen LogP contribution in [-0.2, 0) is 16.1 Å². The molecule has 2 heterocycles. The highest BCUT2D eigenvalue weighted by Gasteiger charge is 2.16. The van der Waals surface area contributed by atoms with E-state index in [1.807, 2.05) is 18.5 Å². The summed E-state index contributed by atoms with van der Waals surface area (Å²) < 4.78 is 5.46. The standard InChI is InChI=1S/C11H17N3O2/c15-11(5-10-8-13-3-4-16-10)14-7-9-1-2-12-6-9/h1-2,6,10,12-13H,3-5,7-8H2,(H,14,15). The monoisotopic (exact) mass is 223 g/mol. The number of carbonyl (C=O) groups is 1. The second-order valence-electron chi connectivity index (χ2n) is 3.90. The van der Waals surface area contributed by atoms with Crippen LogP contribution in [0.25, 0.3) is 0 Å². The molecule has 16 heavy (non-hydrogen) atoms. The fourth-order valence-corrected chi connectivity index (χ4v) is 1.70. The Hall–Kier alpha value is -1.33. The summed E-state index contributed by atoms with van der Waals surface area (Å²) in [6.45, 7) is 2.90. The van der Waals surface area contributed by atoms with E-state index in [0.717, 1.165) is 18.7 Å². The first kappa shape index (κ1) is 11.2. The Morgan fingerprint density at radius 2 is 2.56 bits per heavy atom. The summed E-state index contributed by atoms with van der Waals surface area (Å²) in [5, 5.41) is 6.07. The Bertz CT molecular complexity index is 318. The van der Waals surface area contributed by atoms with E-state index < -0.39 is 0 Å². The zero-order chi connectivity index (χ0) is 11.2. The number of hydrogen-bond donors (Lipinski definition) is 3. The molecular formula is C11H17N3O2. The van der Waals surface area contributed by atoms with Crippen molar-refractivity contribution in [2.75, 3.05) is 19.7 Å². The number of amides is 1. The number of aromatic nitrogens is 1. The van der Waals surface area contributed by atoms with Gasteiger partial charge in [0.1, 0.15) is 0 Å². The van der Waals surface area contributed by atoms with Crippen molar-refractivity contribution in [1.29, 1.82) is 0 Å². The van der Waals surface area contributed by atoms with Crippen LogP contribution in [0.4, 0.5) is 0 Å². The largest absolute Gasteiger partial charge is 0.375 e. The van der Waals surface area contributed by atoms with Gasteiger partial charge in [-0.3, -0.25) is 4.79 Å². The lowest BCUT2D eigenvalue weighted by atomic mass is 10.2. The van der Waals surface area contributed by atoms with Crippen LogP contribution in [0.15, 0.2) is 18.5 Å². The molecule has 3 N–H and O–H groups in total. The van der Waals surface area contributed by atoms with E-state index in [-0.39, 0.29) is 12.0 Å². The van der Waals surface area contributed by atoms with E-state index in [0.29, 0.717) is 19.6 Å². The molecule has 1 atom stereocenters. The molecule has 5 nitrogen and oxygen atoms in total. The first-order valence-corrected chi connectivity index (χ1v) is 5.55. The molecule has 1 saturated heterocycles. The third kappa shape index (κ3) is 3.36. The molecule has 2 rings (SSSR count). The molecule has 0 radical (unpaired) electrons. The fourth-order valence-electron chi connectivity index (χ4n) is 1.70. The van der Waals surface area contributed by atoms with Crippen molar-refractivity contribution in [1.82, 2.24) is 15.6 Å². The molecule has 0 spiro atoms. The van der Waals surface area contributed by atoms with Crippen molar-refractivity contribution in [3.05, 3.63) is 24.0 Å². The van der Waals surface area contributed by atoms with Crippen molar-refractivity contribution in [3.63, 3.8) is 0 Å². The smallest absolute Gasteiger partial charge is 0.222 e. The zero-order valence-corrected chi connectivity index (χ0v) is 9.16. The highest BCUT2D eigenvalue weighted by atomic mass is 16.5. The van der Waals surface area contributed by atoms with Crippen LogP contribution in [0.5, 0.6) is 0 Å². The van der Waals surface area contributed by atoms with E-state index in [1.165, 1.54) is 0 Å². The average Bonchev–Trinajstić information content (AvgIpc) is 2.81. The maximum Gasteiger partial charge on any atom is 0.222 e. The molecule has 0 aliphatic carbocycles. The molecule has 0 bridgehead atoms. The van der Waals surface area contributed by atoms with E-state index in [2.05, 4.69) is 15.6 Å². The van der Waals surface area contributed by atoms with Crippen molar-refractivity contribution < 1.29 is 9.53 Å². The predicted molar refractivity (Wildman–Crippen MR) is 59.9 cm³/mol. The van der Waals surface area contributed by atoms with Crippen LogP contribution in [0.1, 0.15) is 12.0 Å². The first-order valence-electron chi connectivity index (χ1n) is 5.55. The molecule has 1 unspecified atom stereocenters. The lowest BCUT2D eigenvalue weighted by Gasteiger charge is -2.22. The van der Waals surface area contributed by atoms with Gasteiger partial charge in [0.15, 0.2) is 0 Å². The van der Waals surface area contributed by atoms with Gasteiger partial charge in [0.05, 0.1) is 19.1 Å². The van der Waals surface area contributed by atoms with Crippen LogP contribution in [0.3, 0.4) is 0 Å². The van der Waals surface area contributed by atoms with Crippen molar-refractivity contribution >= 4 is 5.91 Å². The number of nitrogens with one attached hydrogen (secondary N) is 3. The van der Waals surface area contributed by atoms with Crippen LogP contribution in [0, 0.1) is 0 Å². The molecule has 5 heteroatoms. The molecule has 1 fully saturated rings. The minimum Gasteiger partial charge on any atom is -0.375 e. The van der Waals surface area contributed by atoms with Gasteiger partial charge >= 0.3 is 0 Å². The maximum absolute atomic E-state index is 11.6. The number of ether oxygens (including phenoxy) is 1. The van der Waals surface area contributed by atoms with Crippen LogP contribution in [-0.4, -0.2) is 36.7 Å². The zero-order valence-electron chi connectivity index (χ0n) is 9.16. The van der Waals surface area contributed by atoms with Gasteiger partial charge in [-0.1, -0.05) is 0 Å². The summed E-state index contributed by atoms with van der Waals surface area (Å²) in [5.41, 5.74) is 1.08. The number of rotatable bonds is 4. The fraction of sp³-hybridized carbons (Fsp3) is 0.545. The highest BCUT2D eigenvalue weighted by molar-refractivity contribution is 5.76. The normalized spacial score (nSPS) is 20.6. The summed E-state index contributed by atoms with van der Waals surface area (Å²) in [4.78, 5) is 14.5. The lowest BCUT2D eigenvalue weighted by molar-refractivity contribution is -0.124. The third-order valence-corrected chi connectivity index (χ3v) is 2.57. The Labute approximate surface area is 94.6 Å². The molecule has 88 valence electrons. The van der Waals surface area contributed by atoms with Gasteiger partial charge in [0.25, 0.3) is 0 Å². The Morgan fingerprint density at radius 1 is 1.62 bits per heavy atom. The van der Waals surface area contributed by atoms with Gasteiger partial charge in [-0.25, -0.2) is 0 Å². The molecule has 1 aromatic heterocycles. The van der Waals surface area contributed by atoms with E-state index in [1.54, 1.807) is 0 Å². The second-order valence-corrected chi connectivity index (χ2v) is 3.90. The molecule has 0 saturated carbocycles. The van der Waals surface area contributed by atoms with Crippen LogP contribution >= 0.6 is 0 Å². The van der Waals surface area contributed by atoms with Gasteiger partial charge in [-0.05, 0) is 11.6 Å². The summed E-state index contributed by atoms with van der Waals surface area (Å²) in [6, 6.07) is 1.94. The van der Waals surface area contributed by atoms with E-state index in [4.69, 9.17) is 4.74 Å². The molecule has 1 aliphatic rings. The Kier molecular flexibility index (Phi) is 3.96. The van der Waals surface area contributed by atoms with Gasteiger partial charge in [-0.2, -0.15) is 0 Å². The van der Waals surface area contributed by atoms with E-state index in [9.17, 15) is 4.79 Å². The summed E-state index contributed by atoms with van der Waals surface area (Å²) in [6.07, 6.45) is 4.16. The topological polar surface area (TPSA) is 66.2 Å². The molecule has 0 aromatic carbocycles. The van der Waals surface area contributed by atoms with Crippen molar-refractivity contribution in [3.8, 4) is 0 Å². The Morgan fingerprint density at radius 3 is 3.25 bits per heavy atom. The van der Waals surface area contributed by atoms with Crippen LogP contribution in [0.2, 0.25) is 0 Å². The van der Waals surface area contributed by atoms with Gasteiger partial charge in [0.2, 0.25) is 5.91 Å². The summed E-state index contributed by atoms with van der Waals surface area (Å²) in [7, 11) is 0. The van der Waals surface area contributed by atoms with Crippen LogP contribution < -0.4 is 10.6 Å². The highest BCUT2D eigenvalue weighted by Crippen LogP contribution is 2.02. The summed E-state index contributed by atoms with van der Waals surface area (Å²) in [5.74, 6) is 0.0369. The Balaban J connectivity index is 1.67. The number of carbonyl (C=O) groups excluding carboxylic acids is 1. The summed E-state index contributed by atoms with van der Waals surface area (Å²) >= 11 is 0. The second kappa shape index (κ2) is 5.67. The predicted octanol–water partition coefficient (Wildman–Crippen LogP) is 0.00940. The average molecular weight is 223 g/mol. The van der Waals surface area contributed by atoms with Crippen molar-refractivity contribution in [2.45, 2.75) is 19.1 Å². The SMILES string of the molecule is O=C(CC1CNCCO1)NCc1cc[nH]c1. The number of hydrogen-bond acceptors (Lipinski definition) is 3. The number of H-pyrrole nitrogens is 1. The van der Waals surface area contributed by atoms with Crippen molar-refractivity contribution in [2.24, 2.45) is 0 Å². The first-order chi connectivity index (χ1) is 7.84. The minimum atomic E-state index is 0.0139. The number of aromatic amines is 1. The third-order valence-electron chi connectivity index (χ3n) is 2.57. The maximum atomic E-state index is 11.6. The van der Waals surface area contributed by atoms with Gasteiger partial charge in [0, 0.05) is 32.0 Å². The molecular weight excluding hydrogens is 206 g/mol.